The summed E-state index contributed by atoms with van der Waals surface area (Å²) >= 11 is 0. The number of hydrogen-bond acceptors (Lipinski definition) is 5. The van der Waals surface area contributed by atoms with E-state index in [0.29, 0.717) is 17.7 Å². The van der Waals surface area contributed by atoms with Gasteiger partial charge in [-0.15, -0.1) is 0 Å². The molecule has 1 aliphatic rings. The molecule has 1 aromatic carbocycles. The van der Waals surface area contributed by atoms with Crippen molar-refractivity contribution in [3.8, 4) is 0 Å². The molecule has 0 aliphatic carbocycles. The van der Waals surface area contributed by atoms with Gasteiger partial charge >= 0.3 is 0 Å². The third kappa shape index (κ3) is 3.07. The molecule has 1 fully saturated rings. The van der Waals surface area contributed by atoms with Crippen LogP contribution in [0.15, 0.2) is 18.2 Å². The van der Waals surface area contributed by atoms with Gasteiger partial charge in [0.25, 0.3) is 0 Å². The van der Waals surface area contributed by atoms with Gasteiger partial charge in [0.15, 0.2) is 15.6 Å². The first kappa shape index (κ1) is 13.9. The Bertz CT molecular complexity index is 625. The summed E-state index contributed by atoms with van der Waals surface area (Å²) in [7, 11) is -2.95. The number of anilines is 2. The first-order valence-electron chi connectivity index (χ1n) is 6.10. The fourth-order valence-electron chi connectivity index (χ4n) is 2.42. The summed E-state index contributed by atoms with van der Waals surface area (Å²) in [5.74, 6) is 0.241. The van der Waals surface area contributed by atoms with Gasteiger partial charge in [0.05, 0.1) is 11.5 Å². The first-order chi connectivity index (χ1) is 8.71. The third-order valence-electron chi connectivity index (χ3n) is 3.38. The number of Topliss-reactive ketones (excluding diaryl/α,β-unsaturated/α-hetero) is 1. The quantitative estimate of drug-likeness (QED) is 0.647. The van der Waals surface area contributed by atoms with Crippen molar-refractivity contribution < 1.29 is 13.2 Å². The second kappa shape index (κ2) is 4.52. The maximum Gasteiger partial charge on any atom is 0.161 e. The van der Waals surface area contributed by atoms with E-state index in [9.17, 15) is 13.2 Å². The van der Waals surface area contributed by atoms with E-state index in [0.717, 1.165) is 5.69 Å². The number of benzene rings is 1. The van der Waals surface area contributed by atoms with E-state index < -0.39 is 15.4 Å². The van der Waals surface area contributed by atoms with E-state index in [4.69, 9.17) is 5.73 Å². The van der Waals surface area contributed by atoms with Gasteiger partial charge in [-0.05, 0) is 38.5 Å². The van der Waals surface area contributed by atoms with Gasteiger partial charge in [0.2, 0.25) is 0 Å². The van der Waals surface area contributed by atoms with Crippen LogP contribution in [0.2, 0.25) is 0 Å². The SMILES string of the molecule is CC(=O)c1ccc(NC2(C)CCS(=O)(=O)C2)cc1N. The molecule has 104 valence electrons. The maximum atomic E-state index is 11.5. The molecular weight excluding hydrogens is 264 g/mol. The zero-order chi connectivity index (χ0) is 14.3. The monoisotopic (exact) mass is 282 g/mol. The molecule has 5 nitrogen and oxygen atoms in total. The second-order valence-electron chi connectivity index (χ2n) is 5.39. The van der Waals surface area contributed by atoms with Crippen molar-refractivity contribution in [1.82, 2.24) is 0 Å². The number of hydrogen-bond donors (Lipinski definition) is 2. The molecular formula is C13H18N2O3S. The Kier molecular flexibility index (Phi) is 3.30. The topological polar surface area (TPSA) is 89.3 Å². The van der Waals surface area contributed by atoms with Gasteiger partial charge in [-0.25, -0.2) is 8.42 Å². The van der Waals surface area contributed by atoms with Crippen molar-refractivity contribution in [1.29, 1.82) is 0 Å². The Morgan fingerprint density at radius 1 is 1.42 bits per heavy atom. The third-order valence-corrected chi connectivity index (χ3v) is 5.28. The molecule has 1 aromatic rings. The number of nitrogens with two attached hydrogens (primary N) is 1. The minimum absolute atomic E-state index is 0.0845. The molecule has 0 saturated carbocycles. The summed E-state index contributed by atoms with van der Waals surface area (Å²) in [6.07, 6.45) is 0.573. The Morgan fingerprint density at radius 3 is 2.58 bits per heavy atom. The summed E-state index contributed by atoms with van der Waals surface area (Å²) in [4.78, 5) is 11.3. The Morgan fingerprint density at radius 2 is 2.11 bits per heavy atom. The van der Waals surface area contributed by atoms with Crippen molar-refractivity contribution in [2.75, 3.05) is 22.6 Å². The summed E-state index contributed by atoms with van der Waals surface area (Å²) in [5, 5.41) is 3.21. The predicted molar refractivity (Wildman–Crippen MR) is 76.2 cm³/mol. The van der Waals surface area contributed by atoms with Gasteiger partial charge in [-0.2, -0.15) is 0 Å². The highest BCUT2D eigenvalue weighted by molar-refractivity contribution is 7.91. The van der Waals surface area contributed by atoms with Gasteiger partial charge < -0.3 is 11.1 Å². The second-order valence-corrected chi connectivity index (χ2v) is 7.57. The van der Waals surface area contributed by atoms with Crippen LogP contribution in [-0.4, -0.2) is 31.2 Å². The van der Waals surface area contributed by atoms with Crippen LogP contribution in [0.1, 0.15) is 30.6 Å². The fraction of sp³-hybridized carbons (Fsp3) is 0.462. The molecule has 1 heterocycles. The average Bonchev–Trinajstić information content (AvgIpc) is 2.52. The van der Waals surface area contributed by atoms with E-state index in [1.807, 2.05) is 6.92 Å². The number of nitrogens with one attached hydrogen (secondary N) is 1. The highest BCUT2D eigenvalue weighted by Gasteiger charge is 2.38. The molecule has 2 rings (SSSR count). The molecule has 1 aliphatic heterocycles. The van der Waals surface area contributed by atoms with Crippen LogP contribution < -0.4 is 11.1 Å². The van der Waals surface area contributed by atoms with Gasteiger partial charge in [0.1, 0.15) is 0 Å². The summed E-state index contributed by atoms with van der Waals surface area (Å²) in [6, 6.07) is 5.09. The van der Waals surface area contributed by atoms with Crippen LogP contribution in [0.3, 0.4) is 0 Å². The van der Waals surface area contributed by atoms with E-state index in [-0.39, 0.29) is 17.3 Å². The van der Waals surface area contributed by atoms with Gasteiger partial charge in [-0.1, -0.05) is 0 Å². The average molecular weight is 282 g/mol. The fourth-order valence-corrected chi connectivity index (χ4v) is 4.51. The number of carbonyl (C=O) groups excluding carboxylic acids is 1. The van der Waals surface area contributed by atoms with Crippen LogP contribution in [-0.2, 0) is 9.84 Å². The molecule has 0 spiro atoms. The van der Waals surface area contributed by atoms with Gasteiger partial charge in [-0.3, -0.25) is 4.79 Å². The minimum Gasteiger partial charge on any atom is -0.398 e. The predicted octanol–water partition coefficient (Wildman–Crippen LogP) is 1.46. The van der Waals surface area contributed by atoms with E-state index in [1.165, 1.54) is 6.92 Å². The largest absolute Gasteiger partial charge is 0.398 e. The zero-order valence-electron chi connectivity index (χ0n) is 11.1. The number of nitrogen functional groups attached to an aromatic ring is 1. The normalized spacial score (nSPS) is 25.2. The van der Waals surface area contributed by atoms with Crippen molar-refractivity contribution in [2.24, 2.45) is 0 Å². The molecule has 0 bridgehead atoms. The van der Waals surface area contributed by atoms with Crippen LogP contribution in [0.25, 0.3) is 0 Å². The lowest BCUT2D eigenvalue weighted by molar-refractivity contribution is 0.101. The van der Waals surface area contributed by atoms with Crippen LogP contribution >= 0.6 is 0 Å². The van der Waals surface area contributed by atoms with Crippen LogP contribution in [0.4, 0.5) is 11.4 Å². The van der Waals surface area contributed by atoms with Gasteiger partial charge in [0, 0.05) is 22.5 Å². The molecule has 6 heteroatoms. The molecule has 1 unspecified atom stereocenters. The van der Waals surface area contributed by atoms with E-state index in [1.54, 1.807) is 18.2 Å². The lowest BCUT2D eigenvalue weighted by atomic mass is 10.0. The number of rotatable bonds is 3. The van der Waals surface area contributed by atoms with Crippen molar-refractivity contribution >= 4 is 27.0 Å². The minimum atomic E-state index is -2.95. The highest BCUT2D eigenvalue weighted by Crippen LogP contribution is 2.29. The summed E-state index contributed by atoms with van der Waals surface area (Å²) in [5.41, 5.74) is 6.97. The molecule has 1 atom stereocenters. The maximum absolute atomic E-state index is 11.5. The van der Waals surface area contributed by atoms with Crippen molar-refractivity contribution in [2.45, 2.75) is 25.8 Å². The zero-order valence-corrected chi connectivity index (χ0v) is 11.9. The summed E-state index contributed by atoms with van der Waals surface area (Å²) < 4.78 is 23.1. The number of carbonyl (C=O) groups is 1. The smallest absolute Gasteiger partial charge is 0.161 e. The number of sulfone groups is 1. The highest BCUT2D eigenvalue weighted by atomic mass is 32.2. The lowest BCUT2D eigenvalue weighted by Gasteiger charge is -2.25. The molecule has 1 saturated heterocycles. The first-order valence-corrected chi connectivity index (χ1v) is 7.92. The Balaban J connectivity index is 2.21. The number of ketones is 1. The Labute approximate surface area is 113 Å². The van der Waals surface area contributed by atoms with E-state index >= 15 is 0 Å². The lowest BCUT2D eigenvalue weighted by Crippen LogP contribution is -2.35. The van der Waals surface area contributed by atoms with E-state index in [2.05, 4.69) is 5.32 Å². The molecule has 0 aromatic heterocycles. The van der Waals surface area contributed by atoms with Crippen molar-refractivity contribution in [3.05, 3.63) is 23.8 Å². The van der Waals surface area contributed by atoms with Crippen LogP contribution in [0, 0.1) is 0 Å². The molecule has 3 N–H and O–H groups in total. The molecule has 0 radical (unpaired) electrons. The standard InChI is InChI=1S/C13H18N2O3S/c1-9(16)11-4-3-10(7-12(11)14)15-13(2)5-6-19(17,18)8-13/h3-4,7,15H,5-6,8,14H2,1-2H3. The Hall–Kier alpha value is -1.56. The summed E-state index contributed by atoms with van der Waals surface area (Å²) in [6.45, 7) is 3.34. The van der Waals surface area contributed by atoms with Crippen LogP contribution in [0.5, 0.6) is 0 Å². The molecule has 19 heavy (non-hydrogen) atoms. The molecule has 0 amide bonds. The van der Waals surface area contributed by atoms with Crippen molar-refractivity contribution in [3.63, 3.8) is 0 Å².